The Kier molecular flexibility index (Phi) is 23.2. The van der Waals surface area contributed by atoms with Crippen LogP contribution in [0.1, 0.15) is 117 Å². The number of alkyl halides is 4. The number of aryl methyl sites for hydroxylation is 2. The van der Waals surface area contributed by atoms with Crippen LogP contribution in [0.4, 0.5) is 33.7 Å². The molecule has 26 heteroatoms. The van der Waals surface area contributed by atoms with Crippen molar-refractivity contribution in [3.8, 4) is 5.75 Å². The van der Waals surface area contributed by atoms with E-state index in [9.17, 15) is 54.5 Å². The van der Waals surface area contributed by atoms with E-state index < -0.39 is 69.5 Å². The van der Waals surface area contributed by atoms with E-state index in [2.05, 4.69) is 18.1 Å². The second-order valence-electron chi connectivity index (χ2n) is 18.9. The van der Waals surface area contributed by atoms with E-state index >= 15 is 0 Å². The molecule has 3 fully saturated rings. The molecule has 7 rings (SSSR count). The van der Waals surface area contributed by atoms with E-state index in [0.717, 1.165) is 80.1 Å². The minimum Gasteiger partial charge on any atom is -0.489 e. The molecule has 4 aromatic rings. The number of ether oxygens (including phenoxy) is 3. The van der Waals surface area contributed by atoms with Crippen LogP contribution >= 0.6 is 30.6 Å². The first-order valence-electron chi connectivity index (χ1n) is 24.4. The van der Waals surface area contributed by atoms with Crippen molar-refractivity contribution in [1.82, 2.24) is 5.16 Å². The lowest BCUT2D eigenvalue weighted by atomic mass is 10.0. The second kappa shape index (κ2) is 28.0. The number of hydrogen-bond acceptors (Lipinski definition) is 14. The number of cyclic esters (lactones) is 1. The number of ketones is 1. The molecule has 4 N–H and O–H groups in total. The third-order valence-electron chi connectivity index (χ3n) is 12.2. The standard InChI is InChI=1S/C17H17ClFNO4.C15H22ClNO2.C15H12F3NO4S.C5H12NO4P/c1-9(2)15-16(21)20(17(22)24-15)13-8-14(11(18)7-12(13)19)23-10-5-3-4-6-10;1-5-13-8-6-7-11(2)15(13)17(14(18)9-16)12(3)10-19-4;1-24(21,22)12-6-9(15(16,17)18)4-5-10(12)13(20)11-7-19-23-14(11)8-2-3-8;1-11(9,10)3-2-4(6)5(7)8/h7-8,10H,3-6H2,1-2H3;6-8,12H,5,9-10H2,1-4H3;4-8H,2-3H2,1H3;4H,2-3,6H2,1H3,(H,7,8)(H,9,10). The molecule has 78 heavy (non-hydrogen) atoms. The van der Waals surface area contributed by atoms with Crippen molar-refractivity contribution in [3.05, 3.63) is 110 Å². The number of nitrogens with two attached hydrogens (primary N) is 1. The molecular formula is C52H63Cl2F4N4O14PS. The number of carboxylic acid groups (broad SMARTS) is 1. The van der Waals surface area contributed by atoms with Crippen LogP contribution in [0.5, 0.6) is 5.75 Å². The van der Waals surface area contributed by atoms with Gasteiger partial charge >= 0.3 is 24.1 Å². The zero-order valence-electron chi connectivity index (χ0n) is 44.1. The van der Waals surface area contributed by atoms with E-state index in [-0.39, 0.29) is 75.8 Å². The highest BCUT2D eigenvalue weighted by atomic mass is 35.5. The van der Waals surface area contributed by atoms with Crippen molar-refractivity contribution in [2.75, 3.05) is 48.5 Å². The first kappa shape index (κ1) is 64.8. The lowest BCUT2D eigenvalue weighted by molar-refractivity contribution is -0.139. The minimum absolute atomic E-state index is 0.00962. The topological polar surface area (TPSA) is 263 Å². The summed E-state index contributed by atoms with van der Waals surface area (Å²) in [6, 6.07) is 9.38. The molecule has 2 aliphatic carbocycles. The first-order valence-corrected chi connectivity index (χ1v) is 29.5. The smallest absolute Gasteiger partial charge is 0.427 e. The van der Waals surface area contributed by atoms with Crippen LogP contribution in [-0.2, 0) is 50.9 Å². The molecule has 2 heterocycles. The number of halogens is 6. The van der Waals surface area contributed by atoms with Crippen LogP contribution in [0, 0.1) is 12.7 Å². The van der Waals surface area contributed by atoms with Gasteiger partial charge in [-0.25, -0.2) is 22.5 Å². The number of benzene rings is 3. The number of aromatic nitrogens is 1. The maximum atomic E-state index is 14.3. The van der Waals surface area contributed by atoms with Crippen LogP contribution in [0.3, 0.4) is 0 Å². The molecule has 18 nitrogen and oxygen atoms in total. The number of aliphatic carboxylic acids is 1. The van der Waals surface area contributed by atoms with Crippen molar-refractivity contribution < 1.29 is 83.3 Å². The Morgan fingerprint density at radius 3 is 2.21 bits per heavy atom. The zero-order valence-corrected chi connectivity index (χ0v) is 47.3. The Morgan fingerprint density at radius 2 is 1.69 bits per heavy atom. The van der Waals surface area contributed by atoms with Gasteiger partial charge in [0, 0.05) is 43.7 Å². The number of rotatable bonds is 17. The molecule has 0 spiro atoms. The molecule has 3 aromatic carbocycles. The number of para-hydroxylation sites is 1. The van der Waals surface area contributed by atoms with Gasteiger partial charge in [0.05, 0.1) is 57.4 Å². The molecule has 0 radical (unpaired) electrons. The maximum absolute atomic E-state index is 14.3. The normalized spacial score (nSPS) is 16.1. The van der Waals surface area contributed by atoms with Crippen LogP contribution in [0.25, 0.3) is 0 Å². The summed E-state index contributed by atoms with van der Waals surface area (Å²) < 4.78 is 108. The average molecular weight is 1180 g/mol. The van der Waals surface area contributed by atoms with Gasteiger partial charge in [-0.2, -0.15) is 13.2 Å². The Labute approximate surface area is 459 Å². The Bertz CT molecular complexity index is 3030. The van der Waals surface area contributed by atoms with Crippen LogP contribution in [0.2, 0.25) is 5.02 Å². The highest BCUT2D eigenvalue weighted by Gasteiger charge is 2.41. The SMILES string of the molecule is CC(C)=C1OC(=O)N(c2cc(OC3CCCC3)c(Cl)cc2F)C1=O.CCc1cccc(C)c1N(C(=O)CCl)C(C)COC.CP(=O)(O)CCC(N)C(=O)O.CS(=O)(=O)c1cc(C(F)(F)F)ccc1C(=O)c1cnoc1C1CC1. The number of carbonyl (C=O) groups is 5. The van der Waals surface area contributed by atoms with Gasteiger partial charge in [-0.1, -0.05) is 41.9 Å². The van der Waals surface area contributed by atoms with Gasteiger partial charge in [-0.3, -0.25) is 23.7 Å². The fourth-order valence-electron chi connectivity index (χ4n) is 8.07. The van der Waals surface area contributed by atoms with Crippen molar-refractivity contribution in [2.24, 2.45) is 5.73 Å². The molecule has 3 atom stereocenters. The summed E-state index contributed by atoms with van der Waals surface area (Å²) in [5.74, 6) is -2.90. The Morgan fingerprint density at radius 1 is 1.05 bits per heavy atom. The quantitative estimate of drug-likeness (QED) is 0.0292. The highest BCUT2D eigenvalue weighted by molar-refractivity contribution is 7.90. The molecule has 0 bridgehead atoms. The summed E-state index contributed by atoms with van der Waals surface area (Å²) >= 11 is 11.8. The number of amides is 3. The summed E-state index contributed by atoms with van der Waals surface area (Å²) in [6.45, 7) is 11.0. The predicted octanol–water partition coefficient (Wildman–Crippen LogP) is 10.6. The summed E-state index contributed by atoms with van der Waals surface area (Å²) in [5.41, 5.74) is 7.24. The van der Waals surface area contributed by atoms with E-state index in [1.54, 1.807) is 25.9 Å². The largest absolute Gasteiger partial charge is 0.489 e. The van der Waals surface area contributed by atoms with E-state index in [4.69, 9.17) is 57.7 Å². The predicted molar refractivity (Wildman–Crippen MR) is 284 cm³/mol. The molecule has 3 unspecified atom stereocenters. The molecule has 1 aromatic heterocycles. The van der Waals surface area contributed by atoms with E-state index in [1.807, 2.05) is 26.0 Å². The van der Waals surface area contributed by atoms with E-state index in [0.29, 0.717) is 35.0 Å². The van der Waals surface area contributed by atoms with Gasteiger partial charge in [0.15, 0.2) is 34.5 Å². The minimum atomic E-state index is -4.71. The van der Waals surface area contributed by atoms with Crippen LogP contribution < -0.4 is 20.3 Å². The third-order valence-corrected chi connectivity index (χ3v) is 14.9. The van der Waals surface area contributed by atoms with Gasteiger partial charge in [-0.05, 0) is 120 Å². The number of methoxy groups -OCH3 is 1. The number of carbonyl (C=O) groups excluding carboxylic acids is 4. The lowest BCUT2D eigenvalue weighted by Gasteiger charge is -2.31. The number of hydrogen-bond donors (Lipinski definition) is 3. The van der Waals surface area contributed by atoms with Gasteiger partial charge in [-0.15, -0.1) is 11.6 Å². The molecule has 3 amide bonds. The zero-order chi connectivity index (χ0) is 58.6. The second-order valence-corrected chi connectivity index (χ2v) is 24.1. The van der Waals surface area contributed by atoms with Crippen molar-refractivity contribution in [1.29, 1.82) is 0 Å². The van der Waals surface area contributed by atoms with E-state index in [1.165, 1.54) is 18.9 Å². The van der Waals surface area contributed by atoms with Crippen molar-refractivity contribution in [3.63, 3.8) is 0 Å². The summed E-state index contributed by atoms with van der Waals surface area (Å²) in [7, 11) is -5.51. The van der Waals surface area contributed by atoms with Gasteiger partial charge in [0.25, 0.3) is 0 Å². The Balaban J connectivity index is 0.000000232. The summed E-state index contributed by atoms with van der Waals surface area (Å²) in [4.78, 5) is 69.8. The van der Waals surface area contributed by atoms with Gasteiger partial charge in [0.1, 0.15) is 23.5 Å². The molecule has 428 valence electrons. The van der Waals surface area contributed by atoms with Crippen LogP contribution in [-0.4, -0.2) is 110 Å². The highest BCUT2D eigenvalue weighted by Crippen LogP contribution is 2.43. The molecule has 3 aliphatic rings. The number of sulfone groups is 1. The number of carboxylic acids is 1. The molecule has 2 saturated carbocycles. The molecule has 1 aliphatic heterocycles. The molecular weight excluding hydrogens is 1110 g/mol. The average Bonchev–Trinajstić information content (AvgIpc) is 3.70. The Hall–Kier alpha value is -5.68. The number of anilines is 2. The number of nitrogens with zero attached hydrogens (tertiary/aromatic N) is 3. The lowest BCUT2D eigenvalue weighted by Crippen LogP contribution is -2.43. The number of allylic oxidation sites excluding steroid dienone is 1. The fourth-order valence-corrected chi connectivity index (χ4v) is 10.1. The summed E-state index contributed by atoms with van der Waals surface area (Å²) in [6.07, 6.45) is 2.73. The fraction of sp³-hybridized carbons (Fsp3) is 0.462. The van der Waals surface area contributed by atoms with Gasteiger partial charge < -0.3 is 39.4 Å². The maximum Gasteiger partial charge on any atom is 0.427 e. The molecule has 1 saturated heterocycles. The van der Waals surface area contributed by atoms with Crippen molar-refractivity contribution in [2.45, 2.75) is 121 Å². The van der Waals surface area contributed by atoms with Crippen LogP contribution in [0.15, 0.2) is 75.5 Å². The number of imide groups is 1. The summed E-state index contributed by atoms with van der Waals surface area (Å²) in [5, 5.41) is 11.9. The first-order chi connectivity index (χ1) is 36.4. The van der Waals surface area contributed by atoms with Crippen molar-refractivity contribution >= 4 is 81.4 Å². The third kappa shape index (κ3) is 17.7. The van der Waals surface area contributed by atoms with Gasteiger partial charge in [0.2, 0.25) is 5.91 Å². The monoisotopic (exact) mass is 1180 g/mol.